The average molecular weight is 345 g/mol. The molecule has 0 heterocycles. The van der Waals surface area contributed by atoms with Crippen LogP contribution in [-0.4, -0.2) is 25.6 Å². The number of amides is 3. The van der Waals surface area contributed by atoms with Gasteiger partial charge in [-0.3, -0.25) is 4.79 Å². The minimum atomic E-state index is -0.410. The van der Waals surface area contributed by atoms with Gasteiger partial charge < -0.3 is 20.7 Å². The van der Waals surface area contributed by atoms with E-state index in [1.54, 1.807) is 49.6 Å². The van der Waals surface area contributed by atoms with Crippen LogP contribution in [-0.2, 0) is 11.3 Å². The molecule has 2 aromatic rings. The molecule has 0 fully saturated rings. The molecule has 7 heteroatoms. The number of carbonyl (C=O) groups is 2. The van der Waals surface area contributed by atoms with E-state index in [4.69, 9.17) is 4.74 Å². The fourth-order valence-corrected chi connectivity index (χ4v) is 2.06. The van der Waals surface area contributed by atoms with Gasteiger partial charge in [-0.1, -0.05) is 18.2 Å². The van der Waals surface area contributed by atoms with Crippen LogP contribution in [0.2, 0.25) is 0 Å². The first-order valence-electron chi connectivity index (χ1n) is 7.77. The molecule has 0 radical (unpaired) electrons. The Balaban J connectivity index is 1.66. The van der Waals surface area contributed by atoms with Crippen LogP contribution in [0.4, 0.5) is 14.9 Å². The van der Waals surface area contributed by atoms with Crippen LogP contribution in [0, 0.1) is 5.82 Å². The molecule has 0 aliphatic heterocycles. The van der Waals surface area contributed by atoms with E-state index < -0.39 is 6.03 Å². The van der Waals surface area contributed by atoms with Crippen molar-refractivity contribution in [3.8, 4) is 5.75 Å². The average Bonchev–Trinajstić information content (AvgIpc) is 2.61. The molecule has 3 amide bonds. The summed E-state index contributed by atoms with van der Waals surface area (Å²) in [6, 6.07) is 12.7. The number of hydrogen-bond donors (Lipinski definition) is 3. The lowest BCUT2D eigenvalue weighted by Gasteiger charge is -2.09. The van der Waals surface area contributed by atoms with Gasteiger partial charge in [0.25, 0.3) is 0 Å². The summed E-state index contributed by atoms with van der Waals surface area (Å²) in [5, 5.41) is 7.84. The highest BCUT2D eigenvalue weighted by molar-refractivity contribution is 5.89. The molecule has 132 valence electrons. The van der Waals surface area contributed by atoms with Crippen molar-refractivity contribution in [3.05, 3.63) is 59.9 Å². The molecular weight excluding hydrogens is 325 g/mol. The van der Waals surface area contributed by atoms with E-state index in [0.29, 0.717) is 17.0 Å². The second-order valence-electron chi connectivity index (χ2n) is 5.23. The van der Waals surface area contributed by atoms with Crippen molar-refractivity contribution >= 4 is 17.6 Å². The van der Waals surface area contributed by atoms with E-state index in [1.807, 2.05) is 0 Å². The van der Waals surface area contributed by atoms with Crippen molar-refractivity contribution < 1.29 is 18.7 Å². The second kappa shape index (κ2) is 9.27. The van der Waals surface area contributed by atoms with Gasteiger partial charge in [0.05, 0.1) is 7.11 Å². The van der Waals surface area contributed by atoms with Gasteiger partial charge >= 0.3 is 6.03 Å². The highest BCUT2D eigenvalue weighted by atomic mass is 19.1. The monoisotopic (exact) mass is 345 g/mol. The Labute approximate surface area is 145 Å². The fraction of sp³-hybridized carbons (Fsp3) is 0.222. The van der Waals surface area contributed by atoms with Crippen LogP contribution in [0.5, 0.6) is 5.75 Å². The Bertz CT molecular complexity index is 720. The lowest BCUT2D eigenvalue weighted by molar-refractivity contribution is -0.121. The van der Waals surface area contributed by atoms with Crippen molar-refractivity contribution in [2.24, 2.45) is 0 Å². The second-order valence-corrected chi connectivity index (χ2v) is 5.23. The molecule has 0 bridgehead atoms. The summed E-state index contributed by atoms with van der Waals surface area (Å²) in [5.41, 5.74) is 1.03. The van der Waals surface area contributed by atoms with E-state index in [1.165, 1.54) is 6.07 Å². The lowest BCUT2D eigenvalue weighted by Crippen LogP contribution is -2.33. The van der Waals surface area contributed by atoms with Gasteiger partial charge in [0.15, 0.2) is 0 Å². The van der Waals surface area contributed by atoms with E-state index in [-0.39, 0.29) is 31.2 Å². The maximum absolute atomic E-state index is 13.4. The quantitative estimate of drug-likeness (QED) is 0.722. The van der Waals surface area contributed by atoms with E-state index in [9.17, 15) is 14.0 Å². The number of halogens is 1. The van der Waals surface area contributed by atoms with Crippen LogP contribution in [0.3, 0.4) is 0 Å². The summed E-state index contributed by atoms with van der Waals surface area (Å²) < 4.78 is 18.5. The topological polar surface area (TPSA) is 79.5 Å². The molecule has 0 unspecified atom stereocenters. The molecule has 6 nitrogen and oxygen atoms in total. The van der Waals surface area contributed by atoms with E-state index >= 15 is 0 Å². The normalized spacial score (nSPS) is 10.0. The summed E-state index contributed by atoms with van der Waals surface area (Å²) in [4.78, 5) is 23.5. The largest absolute Gasteiger partial charge is 0.497 e. The summed E-state index contributed by atoms with van der Waals surface area (Å²) in [6.07, 6.45) is 0.102. The van der Waals surface area contributed by atoms with Crippen LogP contribution >= 0.6 is 0 Å². The molecule has 0 aliphatic carbocycles. The minimum Gasteiger partial charge on any atom is -0.497 e. The standard InChI is InChI=1S/C18H20FN3O3/c1-25-15-8-6-14(7-9-15)22-18(24)20-11-10-17(23)21-12-13-4-2-3-5-16(13)19/h2-9H,10-12H2,1H3,(H,21,23)(H2,20,22,24). The lowest BCUT2D eigenvalue weighted by atomic mass is 10.2. The van der Waals surface area contributed by atoms with Crippen LogP contribution in [0.15, 0.2) is 48.5 Å². The molecular formula is C18H20FN3O3. The van der Waals surface area contributed by atoms with Crippen molar-refractivity contribution in [2.75, 3.05) is 19.0 Å². The Morgan fingerprint density at radius 1 is 1.04 bits per heavy atom. The number of anilines is 1. The molecule has 0 atom stereocenters. The van der Waals surface area contributed by atoms with Crippen molar-refractivity contribution in [3.63, 3.8) is 0 Å². The van der Waals surface area contributed by atoms with Crippen molar-refractivity contribution in [2.45, 2.75) is 13.0 Å². The maximum atomic E-state index is 13.4. The van der Waals surface area contributed by atoms with Gasteiger partial charge in [-0.25, -0.2) is 9.18 Å². The predicted octanol–water partition coefficient (Wildman–Crippen LogP) is 2.66. The molecule has 25 heavy (non-hydrogen) atoms. The first kappa shape index (κ1) is 18.3. The third-order valence-electron chi connectivity index (χ3n) is 3.42. The first-order valence-corrected chi connectivity index (χ1v) is 7.77. The molecule has 0 saturated heterocycles. The third kappa shape index (κ3) is 6.14. The molecule has 3 N–H and O–H groups in total. The van der Waals surface area contributed by atoms with E-state index in [2.05, 4.69) is 16.0 Å². The number of carbonyl (C=O) groups excluding carboxylic acids is 2. The number of ether oxygens (including phenoxy) is 1. The molecule has 0 spiro atoms. The van der Waals surface area contributed by atoms with Gasteiger partial charge in [-0.2, -0.15) is 0 Å². The smallest absolute Gasteiger partial charge is 0.319 e. The molecule has 0 aliphatic rings. The first-order chi connectivity index (χ1) is 12.1. The zero-order valence-electron chi connectivity index (χ0n) is 13.8. The zero-order valence-corrected chi connectivity index (χ0v) is 13.8. The molecule has 0 saturated carbocycles. The molecule has 0 aromatic heterocycles. The highest BCUT2D eigenvalue weighted by Crippen LogP contribution is 2.14. The van der Waals surface area contributed by atoms with Crippen LogP contribution in [0.25, 0.3) is 0 Å². The van der Waals surface area contributed by atoms with Crippen LogP contribution < -0.4 is 20.7 Å². The van der Waals surface area contributed by atoms with Crippen molar-refractivity contribution in [1.29, 1.82) is 0 Å². The molecule has 2 aromatic carbocycles. The summed E-state index contributed by atoms with van der Waals surface area (Å²) >= 11 is 0. The van der Waals surface area contributed by atoms with Crippen molar-refractivity contribution in [1.82, 2.24) is 10.6 Å². The van der Waals surface area contributed by atoms with E-state index in [0.717, 1.165) is 0 Å². The number of rotatable bonds is 7. The van der Waals surface area contributed by atoms with Gasteiger partial charge in [0.2, 0.25) is 5.91 Å². The minimum absolute atomic E-state index is 0.102. The maximum Gasteiger partial charge on any atom is 0.319 e. The Kier molecular flexibility index (Phi) is 6.76. The molecule has 2 rings (SSSR count). The summed E-state index contributed by atoms with van der Waals surface area (Å²) in [5.74, 6) is 0.0604. The summed E-state index contributed by atoms with van der Waals surface area (Å²) in [6.45, 7) is 0.286. The SMILES string of the molecule is COc1ccc(NC(=O)NCCC(=O)NCc2ccccc2F)cc1. The van der Waals surface area contributed by atoms with Crippen LogP contribution in [0.1, 0.15) is 12.0 Å². The number of nitrogens with one attached hydrogen (secondary N) is 3. The fourth-order valence-electron chi connectivity index (χ4n) is 2.06. The number of urea groups is 1. The number of benzene rings is 2. The number of hydrogen-bond acceptors (Lipinski definition) is 3. The Morgan fingerprint density at radius 3 is 2.44 bits per heavy atom. The summed E-state index contributed by atoms with van der Waals surface area (Å²) in [7, 11) is 1.56. The van der Waals surface area contributed by atoms with Gasteiger partial charge in [-0.05, 0) is 30.3 Å². The van der Waals surface area contributed by atoms with Gasteiger partial charge in [0, 0.05) is 30.8 Å². The Morgan fingerprint density at radius 2 is 1.76 bits per heavy atom. The number of methoxy groups -OCH3 is 1. The van der Waals surface area contributed by atoms with Gasteiger partial charge in [0.1, 0.15) is 11.6 Å². The van der Waals surface area contributed by atoms with Gasteiger partial charge in [-0.15, -0.1) is 0 Å². The zero-order chi connectivity index (χ0) is 18.1. The predicted molar refractivity (Wildman–Crippen MR) is 92.9 cm³/mol. The highest BCUT2D eigenvalue weighted by Gasteiger charge is 2.06. The Hall–Kier alpha value is -3.09. The third-order valence-corrected chi connectivity index (χ3v) is 3.42.